The molecule has 2 nitrogen and oxygen atoms in total. The molecule has 0 saturated heterocycles. The number of hydrogen-bond donors (Lipinski definition) is 1. The van der Waals surface area contributed by atoms with Gasteiger partial charge in [-0.2, -0.15) is 0 Å². The Labute approximate surface area is 122 Å². The first kappa shape index (κ1) is 14.7. The molecule has 106 valence electrons. The minimum absolute atomic E-state index is 0.392. The van der Waals surface area contributed by atoms with Crippen molar-refractivity contribution in [2.24, 2.45) is 5.73 Å². The molecular formula is C18H24N2. The van der Waals surface area contributed by atoms with E-state index in [2.05, 4.69) is 63.0 Å². The molecule has 0 aliphatic rings. The SMILES string of the molecule is CCc1ccc(CC(C)(N)c2cc(C)ccc2C)nc1. The molecule has 0 amide bonds. The van der Waals surface area contributed by atoms with Crippen LogP contribution in [0.25, 0.3) is 0 Å². The lowest BCUT2D eigenvalue weighted by molar-refractivity contribution is 0.482. The normalized spacial score (nSPS) is 14.1. The summed E-state index contributed by atoms with van der Waals surface area (Å²) in [5.74, 6) is 0. The fourth-order valence-corrected chi connectivity index (χ4v) is 2.59. The van der Waals surface area contributed by atoms with Gasteiger partial charge in [0.15, 0.2) is 0 Å². The van der Waals surface area contributed by atoms with E-state index in [1.54, 1.807) is 0 Å². The highest BCUT2D eigenvalue weighted by molar-refractivity contribution is 5.36. The Morgan fingerprint density at radius 1 is 1.15 bits per heavy atom. The van der Waals surface area contributed by atoms with Crippen LogP contribution in [0.2, 0.25) is 0 Å². The van der Waals surface area contributed by atoms with Gasteiger partial charge in [-0.05, 0) is 49.9 Å². The van der Waals surface area contributed by atoms with Crippen molar-refractivity contribution < 1.29 is 0 Å². The fraction of sp³-hybridized carbons (Fsp3) is 0.389. The largest absolute Gasteiger partial charge is 0.321 e. The first-order valence-corrected chi connectivity index (χ1v) is 7.23. The zero-order chi connectivity index (χ0) is 14.8. The van der Waals surface area contributed by atoms with Crippen molar-refractivity contribution in [1.82, 2.24) is 4.98 Å². The molecule has 0 aliphatic heterocycles. The Bertz CT molecular complexity index is 583. The Hall–Kier alpha value is -1.67. The summed E-state index contributed by atoms with van der Waals surface area (Å²) >= 11 is 0. The molecule has 2 aromatic rings. The molecule has 0 fully saturated rings. The maximum absolute atomic E-state index is 6.57. The molecular weight excluding hydrogens is 244 g/mol. The van der Waals surface area contributed by atoms with Crippen molar-refractivity contribution in [2.45, 2.75) is 46.1 Å². The van der Waals surface area contributed by atoms with Crippen molar-refractivity contribution in [2.75, 3.05) is 0 Å². The second-order valence-corrected chi connectivity index (χ2v) is 5.92. The lowest BCUT2D eigenvalue weighted by Crippen LogP contribution is -2.36. The van der Waals surface area contributed by atoms with Crippen LogP contribution in [0.15, 0.2) is 36.5 Å². The van der Waals surface area contributed by atoms with Crippen molar-refractivity contribution >= 4 is 0 Å². The van der Waals surface area contributed by atoms with Gasteiger partial charge in [0.2, 0.25) is 0 Å². The van der Waals surface area contributed by atoms with E-state index < -0.39 is 5.54 Å². The Kier molecular flexibility index (Phi) is 4.24. The number of aryl methyl sites for hydroxylation is 3. The maximum Gasteiger partial charge on any atom is 0.0439 e. The van der Waals surface area contributed by atoms with E-state index in [1.165, 1.54) is 22.3 Å². The molecule has 1 unspecified atom stereocenters. The lowest BCUT2D eigenvalue weighted by atomic mass is 9.84. The predicted molar refractivity (Wildman–Crippen MR) is 84.8 cm³/mol. The Balaban J connectivity index is 2.27. The smallest absolute Gasteiger partial charge is 0.0439 e. The van der Waals surface area contributed by atoms with Crippen molar-refractivity contribution in [1.29, 1.82) is 0 Å². The summed E-state index contributed by atoms with van der Waals surface area (Å²) in [6.07, 6.45) is 3.72. The quantitative estimate of drug-likeness (QED) is 0.918. The maximum atomic E-state index is 6.57. The van der Waals surface area contributed by atoms with Crippen LogP contribution in [0.5, 0.6) is 0 Å². The first-order chi connectivity index (χ1) is 9.42. The van der Waals surface area contributed by atoms with E-state index in [-0.39, 0.29) is 0 Å². The van der Waals surface area contributed by atoms with Gasteiger partial charge in [-0.25, -0.2) is 0 Å². The summed E-state index contributed by atoms with van der Waals surface area (Å²) < 4.78 is 0. The van der Waals surface area contributed by atoms with Crippen LogP contribution in [0, 0.1) is 13.8 Å². The molecule has 0 spiro atoms. The van der Waals surface area contributed by atoms with E-state index >= 15 is 0 Å². The molecule has 2 N–H and O–H groups in total. The number of nitrogens with two attached hydrogens (primary N) is 1. The van der Waals surface area contributed by atoms with Gasteiger partial charge in [-0.1, -0.05) is 36.8 Å². The number of rotatable bonds is 4. The van der Waals surface area contributed by atoms with Crippen LogP contribution < -0.4 is 5.73 Å². The predicted octanol–water partition coefficient (Wildman–Crippen LogP) is 3.68. The minimum Gasteiger partial charge on any atom is -0.321 e. The second kappa shape index (κ2) is 5.76. The topological polar surface area (TPSA) is 38.9 Å². The third kappa shape index (κ3) is 3.26. The van der Waals surface area contributed by atoms with Gasteiger partial charge in [0.25, 0.3) is 0 Å². The molecule has 0 aliphatic carbocycles. The second-order valence-electron chi connectivity index (χ2n) is 5.92. The van der Waals surface area contributed by atoms with Crippen LogP contribution in [0.1, 0.15) is 41.8 Å². The molecule has 20 heavy (non-hydrogen) atoms. The molecule has 1 aromatic carbocycles. The number of aromatic nitrogens is 1. The van der Waals surface area contributed by atoms with Gasteiger partial charge >= 0.3 is 0 Å². The molecule has 0 radical (unpaired) electrons. The van der Waals surface area contributed by atoms with Crippen molar-refractivity contribution in [3.63, 3.8) is 0 Å². The molecule has 0 saturated carbocycles. The molecule has 2 rings (SSSR count). The van der Waals surface area contributed by atoms with Crippen molar-refractivity contribution in [3.8, 4) is 0 Å². The van der Waals surface area contributed by atoms with Crippen molar-refractivity contribution in [3.05, 3.63) is 64.5 Å². The average molecular weight is 268 g/mol. The third-order valence-corrected chi connectivity index (χ3v) is 3.85. The molecule has 1 atom stereocenters. The van der Waals surface area contributed by atoms with Gasteiger partial charge in [0.05, 0.1) is 0 Å². The van der Waals surface area contributed by atoms with E-state index in [1.807, 2.05) is 6.20 Å². The molecule has 1 heterocycles. The average Bonchev–Trinajstić information content (AvgIpc) is 2.42. The highest BCUT2D eigenvalue weighted by Gasteiger charge is 2.24. The van der Waals surface area contributed by atoms with Crippen LogP contribution in [0.3, 0.4) is 0 Å². The van der Waals surface area contributed by atoms with E-state index in [0.717, 1.165) is 18.5 Å². The fourth-order valence-electron chi connectivity index (χ4n) is 2.59. The molecule has 2 heteroatoms. The monoisotopic (exact) mass is 268 g/mol. The van der Waals surface area contributed by atoms with Gasteiger partial charge in [0.1, 0.15) is 0 Å². The number of benzene rings is 1. The van der Waals surface area contributed by atoms with Gasteiger partial charge in [-0.15, -0.1) is 0 Å². The third-order valence-electron chi connectivity index (χ3n) is 3.85. The summed E-state index contributed by atoms with van der Waals surface area (Å²) in [7, 11) is 0. The zero-order valence-electron chi connectivity index (χ0n) is 12.9. The summed E-state index contributed by atoms with van der Waals surface area (Å²) in [4.78, 5) is 4.53. The zero-order valence-corrected chi connectivity index (χ0v) is 12.9. The van der Waals surface area contributed by atoms with Gasteiger partial charge in [0, 0.05) is 23.9 Å². The van der Waals surface area contributed by atoms with E-state index in [4.69, 9.17) is 5.73 Å². The highest BCUT2D eigenvalue weighted by atomic mass is 14.8. The van der Waals surface area contributed by atoms with Gasteiger partial charge in [-0.3, -0.25) is 4.98 Å². The van der Waals surface area contributed by atoms with E-state index in [0.29, 0.717) is 0 Å². The van der Waals surface area contributed by atoms with Crippen LogP contribution >= 0.6 is 0 Å². The first-order valence-electron chi connectivity index (χ1n) is 7.23. The Morgan fingerprint density at radius 3 is 2.50 bits per heavy atom. The molecule has 0 bridgehead atoms. The standard InChI is InChI=1S/C18H24N2/c1-5-15-8-9-16(20-12-15)11-18(4,19)17-10-13(2)6-7-14(17)3/h6-10,12H,5,11,19H2,1-4H3. The minimum atomic E-state index is -0.392. The summed E-state index contributed by atoms with van der Waals surface area (Å²) in [6, 6.07) is 10.7. The Morgan fingerprint density at radius 2 is 1.90 bits per heavy atom. The summed E-state index contributed by atoms with van der Waals surface area (Å²) in [5.41, 5.74) is 12.2. The van der Waals surface area contributed by atoms with Crippen LogP contribution in [-0.4, -0.2) is 4.98 Å². The number of nitrogens with zero attached hydrogens (tertiary/aromatic N) is 1. The number of hydrogen-bond acceptors (Lipinski definition) is 2. The van der Waals surface area contributed by atoms with E-state index in [9.17, 15) is 0 Å². The van der Waals surface area contributed by atoms with Crippen LogP contribution in [0.4, 0.5) is 0 Å². The summed E-state index contributed by atoms with van der Waals surface area (Å²) in [5, 5.41) is 0. The molecule has 1 aromatic heterocycles. The lowest BCUT2D eigenvalue weighted by Gasteiger charge is -2.27. The highest BCUT2D eigenvalue weighted by Crippen LogP contribution is 2.26. The van der Waals surface area contributed by atoms with Gasteiger partial charge < -0.3 is 5.73 Å². The number of pyridine rings is 1. The van der Waals surface area contributed by atoms with Crippen LogP contribution in [-0.2, 0) is 18.4 Å². The summed E-state index contributed by atoms with van der Waals surface area (Å²) in [6.45, 7) is 8.45.